The molecular formula is C15H18FNO3. The van der Waals surface area contributed by atoms with Gasteiger partial charge in [-0.05, 0) is 43.5 Å². The molecule has 0 bridgehead atoms. The third-order valence-corrected chi connectivity index (χ3v) is 4.03. The fourth-order valence-corrected chi connectivity index (χ4v) is 2.74. The fraction of sp³-hybridized carbons (Fsp3) is 0.467. The maximum Gasteiger partial charge on any atom is 0.311 e. The lowest BCUT2D eigenvalue weighted by molar-refractivity contribution is -0.148. The molecule has 1 fully saturated rings. The van der Waals surface area contributed by atoms with Crippen LogP contribution >= 0.6 is 0 Å². The average molecular weight is 279 g/mol. The van der Waals surface area contributed by atoms with Gasteiger partial charge < -0.3 is 10.4 Å². The van der Waals surface area contributed by atoms with Crippen molar-refractivity contribution in [2.75, 3.05) is 6.54 Å². The molecule has 1 aromatic carbocycles. The summed E-state index contributed by atoms with van der Waals surface area (Å²) in [7, 11) is 0. The summed E-state index contributed by atoms with van der Waals surface area (Å²) in [6, 6.07) is 3.93. The molecule has 0 spiro atoms. The number of benzene rings is 1. The lowest BCUT2D eigenvalue weighted by Gasteiger charge is -2.24. The van der Waals surface area contributed by atoms with Gasteiger partial charge in [0.25, 0.3) is 5.91 Å². The molecule has 0 radical (unpaired) electrons. The molecule has 1 aliphatic carbocycles. The Morgan fingerprint density at radius 3 is 2.55 bits per heavy atom. The molecule has 1 saturated carbocycles. The highest BCUT2D eigenvalue weighted by molar-refractivity contribution is 5.95. The normalized spacial score (nSPS) is 16.9. The van der Waals surface area contributed by atoms with E-state index in [0.717, 1.165) is 12.8 Å². The molecule has 5 heteroatoms. The van der Waals surface area contributed by atoms with Gasteiger partial charge in [-0.1, -0.05) is 12.8 Å². The Balaban J connectivity index is 2.06. The number of hydrogen-bond acceptors (Lipinski definition) is 2. The molecule has 4 nitrogen and oxygen atoms in total. The molecule has 1 aromatic rings. The Labute approximate surface area is 117 Å². The van der Waals surface area contributed by atoms with Crippen molar-refractivity contribution in [3.8, 4) is 0 Å². The first-order valence-corrected chi connectivity index (χ1v) is 6.72. The quantitative estimate of drug-likeness (QED) is 0.890. The average Bonchev–Trinajstić information content (AvgIpc) is 2.86. The van der Waals surface area contributed by atoms with E-state index in [2.05, 4.69) is 5.32 Å². The monoisotopic (exact) mass is 279 g/mol. The van der Waals surface area contributed by atoms with E-state index >= 15 is 0 Å². The maximum absolute atomic E-state index is 13.0. The standard InChI is InChI=1S/C15H18FNO3/c1-10-8-11(16)4-5-12(10)13(18)17-9-15(14(19)20)6-2-3-7-15/h4-5,8H,2-3,6-7,9H2,1H3,(H,17,18)(H,19,20). The molecular weight excluding hydrogens is 261 g/mol. The van der Waals surface area contributed by atoms with E-state index in [4.69, 9.17) is 0 Å². The van der Waals surface area contributed by atoms with Crippen LogP contribution in [0.15, 0.2) is 18.2 Å². The summed E-state index contributed by atoms with van der Waals surface area (Å²) in [5.41, 5.74) is 0.0760. The summed E-state index contributed by atoms with van der Waals surface area (Å²) in [5, 5.41) is 12.0. The molecule has 2 rings (SSSR count). The second-order valence-electron chi connectivity index (χ2n) is 5.43. The van der Waals surface area contributed by atoms with Gasteiger partial charge in [-0.2, -0.15) is 0 Å². The van der Waals surface area contributed by atoms with Gasteiger partial charge in [0.1, 0.15) is 5.82 Å². The largest absolute Gasteiger partial charge is 0.481 e. The minimum Gasteiger partial charge on any atom is -0.481 e. The van der Waals surface area contributed by atoms with Gasteiger partial charge in [0.05, 0.1) is 5.41 Å². The summed E-state index contributed by atoms with van der Waals surface area (Å²) in [6.45, 7) is 1.78. The molecule has 0 aromatic heterocycles. The van der Waals surface area contributed by atoms with Crippen LogP contribution in [0, 0.1) is 18.2 Å². The number of carboxylic acids is 1. The van der Waals surface area contributed by atoms with Gasteiger partial charge in [0, 0.05) is 12.1 Å². The molecule has 0 aliphatic heterocycles. The first-order valence-electron chi connectivity index (χ1n) is 6.72. The zero-order valence-electron chi connectivity index (χ0n) is 11.4. The molecule has 20 heavy (non-hydrogen) atoms. The van der Waals surface area contributed by atoms with Gasteiger partial charge in [0.2, 0.25) is 0 Å². The third kappa shape index (κ3) is 2.81. The van der Waals surface area contributed by atoms with E-state index in [1.165, 1.54) is 18.2 Å². The molecule has 108 valence electrons. The van der Waals surface area contributed by atoms with E-state index in [9.17, 15) is 19.1 Å². The SMILES string of the molecule is Cc1cc(F)ccc1C(=O)NCC1(C(=O)O)CCCC1. The van der Waals surface area contributed by atoms with Crippen molar-refractivity contribution in [2.45, 2.75) is 32.6 Å². The first kappa shape index (κ1) is 14.5. The predicted octanol–water partition coefficient (Wildman–Crippen LogP) is 2.51. The van der Waals surface area contributed by atoms with E-state index in [1.807, 2.05) is 0 Å². The molecule has 0 heterocycles. The summed E-state index contributed by atoms with van der Waals surface area (Å²) >= 11 is 0. The Bertz CT molecular complexity index is 536. The molecule has 0 unspecified atom stereocenters. The van der Waals surface area contributed by atoms with E-state index < -0.39 is 17.2 Å². The van der Waals surface area contributed by atoms with Crippen molar-refractivity contribution in [3.63, 3.8) is 0 Å². The molecule has 1 aliphatic rings. The number of amides is 1. The van der Waals surface area contributed by atoms with Crippen LogP contribution in [0.5, 0.6) is 0 Å². The zero-order valence-corrected chi connectivity index (χ0v) is 11.4. The highest BCUT2D eigenvalue weighted by Gasteiger charge is 2.41. The van der Waals surface area contributed by atoms with Crippen LogP contribution in [0.2, 0.25) is 0 Å². The lowest BCUT2D eigenvalue weighted by Crippen LogP contribution is -2.41. The van der Waals surface area contributed by atoms with Crippen LogP contribution < -0.4 is 5.32 Å². The molecule has 2 N–H and O–H groups in total. The number of rotatable bonds is 4. The second kappa shape index (κ2) is 5.61. The van der Waals surface area contributed by atoms with Crippen LogP contribution in [0.25, 0.3) is 0 Å². The Hall–Kier alpha value is -1.91. The smallest absolute Gasteiger partial charge is 0.311 e. The van der Waals surface area contributed by atoms with Crippen molar-refractivity contribution >= 4 is 11.9 Å². The summed E-state index contributed by atoms with van der Waals surface area (Å²) in [5.74, 6) is -1.60. The van der Waals surface area contributed by atoms with Crippen LogP contribution in [0.3, 0.4) is 0 Å². The highest BCUT2D eigenvalue weighted by atomic mass is 19.1. The topological polar surface area (TPSA) is 66.4 Å². The molecule has 0 atom stereocenters. The Morgan fingerprint density at radius 2 is 2.00 bits per heavy atom. The van der Waals surface area contributed by atoms with Gasteiger partial charge >= 0.3 is 5.97 Å². The number of hydrogen-bond donors (Lipinski definition) is 2. The van der Waals surface area contributed by atoms with E-state index in [1.54, 1.807) is 6.92 Å². The number of carboxylic acid groups (broad SMARTS) is 1. The van der Waals surface area contributed by atoms with Gasteiger partial charge in [0.15, 0.2) is 0 Å². The van der Waals surface area contributed by atoms with E-state index in [0.29, 0.717) is 24.0 Å². The van der Waals surface area contributed by atoms with E-state index in [-0.39, 0.29) is 12.5 Å². The van der Waals surface area contributed by atoms with Gasteiger partial charge in [-0.15, -0.1) is 0 Å². The minimum atomic E-state index is -0.855. The van der Waals surface area contributed by atoms with Crippen LogP contribution in [0.4, 0.5) is 4.39 Å². The van der Waals surface area contributed by atoms with Crippen LogP contribution in [-0.4, -0.2) is 23.5 Å². The fourth-order valence-electron chi connectivity index (χ4n) is 2.74. The minimum absolute atomic E-state index is 0.123. The van der Waals surface area contributed by atoms with Gasteiger partial charge in [-0.3, -0.25) is 9.59 Å². The number of halogens is 1. The van der Waals surface area contributed by atoms with Crippen molar-refractivity contribution < 1.29 is 19.1 Å². The number of carbonyl (C=O) groups is 2. The third-order valence-electron chi connectivity index (χ3n) is 4.03. The summed E-state index contributed by atoms with van der Waals surface area (Å²) in [6.07, 6.45) is 2.92. The molecule has 1 amide bonds. The van der Waals surface area contributed by atoms with Crippen LogP contribution in [-0.2, 0) is 4.79 Å². The number of aryl methyl sites for hydroxylation is 1. The van der Waals surface area contributed by atoms with Crippen molar-refractivity contribution in [3.05, 3.63) is 35.1 Å². The predicted molar refractivity (Wildman–Crippen MR) is 72.0 cm³/mol. The van der Waals surface area contributed by atoms with Crippen molar-refractivity contribution in [2.24, 2.45) is 5.41 Å². The number of nitrogens with one attached hydrogen (secondary N) is 1. The number of aliphatic carboxylic acids is 1. The van der Waals surface area contributed by atoms with Crippen molar-refractivity contribution in [1.82, 2.24) is 5.32 Å². The van der Waals surface area contributed by atoms with Gasteiger partial charge in [-0.25, -0.2) is 4.39 Å². The molecule has 0 saturated heterocycles. The first-order chi connectivity index (χ1) is 9.44. The lowest BCUT2D eigenvalue weighted by atomic mass is 9.86. The highest BCUT2D eigenvalue weighted by Crippen LogP contribution is 2.37. The summed E-state index contributed by atoms with van der Waals surface area (Å²) in [4.78, 5) is 23.5. The number of carbonyl (C=O) groups excluding carboxylic acids is 1. The van der Waals surface area contributed by atoms with Crippen molar-refractivity contribution in [1.29, 1.82) is 0 Å². The summed E-state index contributed by atoms with van der Waals surface area (Å²) < 4.78 is 13.0. The zero-order chi connectivity index (χ0) is 14.8. The second-order valence-corrected chi connectivity index (χ2v) is 5.43. The van der Waals surface area contributed by atoms with Crippen LogP contribution in [0.1, 0.15) is 41.6 Å². The Kier molecular flexibility index (Phi) is 4.06. The Morgan fingerprint density at radius 1 is 1.35 bits per heavy atom. The maximum atomic E-state index is 13.0.